The zero-order chi connectivity index (χ0) is 12.5. The second kappa shape index (κ2) is 4.20. The van der Waals surface area contributed by atoms with Gasteiger partial charge in [-0.1, -0.05) is 19.3 Å². The van der Waals surface area contributed by atoms with Crippen molar-refractivity contribution in [2.75, 3.05) is 0 Å². The Morgan fingerprint density at radius 2 is 1.59 bits per heavy atom. The van der Waals surface area contributed by atoms with Gasteiger partial charge in [0.25, 0.3) is 0 Å². The minimum Gasteiger partial charge on any atom is -0.480 e. The van der Waals surface area contributed by atoms with E-state index in [1.807, 2.05) is 6.92 Å². The maximum atomic E-state index is 11.8. The Balaban J connectivity index is 1.97. The van der Waals surface area contributed by atoms with Gasteiger partial charge in [-0.25, -0.2) is 9.59 Å². The van der Waals surface area contributed by atoms with Gasteiger partial charge in [0.05, 0.1) is 0 Å². The highest BCUT2D eigenvalue weighted by molar-refractivity contribution is 5.86. The molecule has 0 spiro atoms. The number of carboxylic acids is 1. The molecule has 96 valence electrons. The molecule has 0 saturated heterocycles. The van der Waals surface area contributed by atoms with Crippen molar-refractivity contribution in [3.63, 3.8) is 0 Å². The standard InChI is InChI=1S/C12H20N2O3/c1-11(7-8-11)13-10(17)14-12(9(15)16)5-3-2-4-6-12/h2-8H2,1H3,(H,15,16)(H2,13,14,17). The van der Waals surface area contributed by atoms with Crippen molar-refractivity contribution >= 4 is 12.0 Å². The third-order valence-electron chi connectivity index (χ3n) is 3.88. The van der Waals surface area contributed by atoms with E-state index in [2.05, 4.69) is 10.6 Å². The summed E-state index contributed by atoms with van der Waals surface area (Å²) in [6.07, 6.45) is 5.80. The van der Waals surface area contributed by atoms with Gasteiger partial charge >= 0.3 is 12.0 Å². The first-order valence-electron chi connectivity index (χ1n) is 6.30. The molecular weight excluding hydrogens is 220 g/mol. The molecule has 0 heterocycles. The fourth-order valence-electron chi connectivity index (χ4n) is 2.38. The number of hydrogen-bond acceptors (Lipinski definition) is 2. The van der Waals surface area contributed by atoms with Crippen LogP contribution < -0.4 is 10.6 Å². The van der Waals surface area contributed by atoms with Crippen LogP contribution in [0.3, 0.4) is 0 Å². The summed E-state index contributed by atoms with van der Waals surface area (Å²) in [5.74, 6) is -0.909. The largest absolute Gasteiger partial charge is 0.480 e. The third-order valence-corrected chi connectivity index (χ3v) is 3.88. The average Bonchev–Trinajstić information content (AvgIpc) is 2.96. The highest BCUT2D eigenvalue weighted by Crippen LogP contribution is 2.34. The molecule has 0 aromatic rings. The summed E-state index contributed by atoms with van der Waals surface area (Å²) in [5, 5.41) is 14.8. The van der Waals surface area contributed by atoms with Crippen LogP contribution in [0.15, 0.2) is 0 Å². The summed E-state index contributed by atoms with van der Waals surface area (Å²) in [6.45, 7) is 1.97. The molecule has 2 rings (SSSR count). The first-order valence-corrected chi connectivity index (χ1v) is 6.30. The summed E-state index contributed by atoms with van der Waals surface area (Å²) >= 11 is 0. The number of aliphatic carboxylic acids is 1. The number of carbonyl (C=O) groups excluding carboxylic acids is 1. The zero-order valence-electron chi connectivity index (χ0n) is 10.2. The fourth-order valence-corrected chi connectivity index (χ4v) is 2.38. The molecule has 0 atom stereocenters. The minimum atomic E-state index is -1.05. The maximum Gasteiger partial charge on any atom is 0.329 e. The Labute approximate surface area is 101 Å². The monoisotopic (exact) mass is 240 g/mol. The molecule has 0 radical (unpaired) electrons. The molecule has 3 N–H and O–H groups in total. The highest BCUT2D eigenvalue weighted by Gasteiger charge is 2.44. The van der Waals surface area contributed by atoms with Gasteiger partial charge in [0.2, 0.25) is 0 Å². The van der Waals surface area contributed by atoms with Crippen LogP contribution in [0.1, 0.15) is 51.9 Å². The lowest BCUT2D eigenvalue weighted by atomic mass is 9.82. The van der Waals surface area contributed by atoms with Crippen molar-refractivity contribution in [1.82, 2.24) is 10.6 Å². The Bertz CT molecular complexity index is 331. The first kappa shape index (κ1) is 12.2. The lowest BCUT2D eigenvalue weighted by Crippen LogP contribution is -2.59. The fraction of sp³-hybridized carbons (Fsp3) is 0.833. The number of urea groups is 1. The second-order valence-corrected chi connectivity index (χ2v) is 5.59. The Morgan fingerprint density at radius 3 is 2.06 bits per heavy atom. The van der Waals surface area contributed by atoms with Gasteiger partial charge in [0.1, 0.15) is 5.54 Å². The van der Waals surface area contributed by atoms with Crippen LogP contribution in [0.25, 0.3) is 0 Å². The molecule has 17 heavy (non-hydrogen) atoms. The normalized spacial score (nSPS) is 24.8. The maximum absolute atomic E-state index is 11.8. The average molecular weight is 240 g/mol. The molecule has 0 unspecified atom stereocenters. The van der Waals surface area contributed by atoms with Gasteiger partial charge in [0.15, 0.2) is 0 Å². The van der Waals surface area contributed by atoms with Crippen LogP contribution in [0, 0.1) is 0 Å². The molecule has 5 heteroatoms. The van der Waals surface area contributed by atoms with Gasteiger partial charge in [-0.05, 0) is 32.6 Å². The molecule has 0 aromatic heterocycles. The van der Waals surface area contributed by atoms with Crippen molar-refractivity contribution in [1.29, 1.82) is 0 Å². The van der Waals surface area contributed by atoms with Crippen LogP contribution in [-0.2, 0) is 4.79 Å². The predicted octanol–water partition coefficient (Wildman–Crippen LogP) is 1.63. The van der Waals surface area contributed by atoms with Crippen LogP contribution in [-0.4, -0.2) is 28.2 Å². The van der Waals surface area contributed by atoms with E-state index in [9.17, 15) is 14.7 Å². The lowest BCUT2D eigenvalue weighted by molar-refractivity contribution is -0.145. The summed E-state index contributed by atoms with van der Waals surface area (Å²) in [5.41, 5.74) is -1.16. The highest BCUT2D eigenvalue weighted by atomic mass is 16.4. The van der Waals surface area contributed by atoms with Crippen molar-refractivity contribution in [2.45, 2.75) is 62.9 Å². The summed E-state index contributed by atoms with van der Waals surface area (Å²) in [7, 11) is 0. The van der Waals surface area contributed by atoms with E-state index >= 15 is 0 Å². The molecule has 2 amide bonds. The van der Waals surface area contributed by atoms with Crippen molar-refractivity contribution < 1.29 is 14.7 Å². The molecule has 0 aromatic carbocycles. The van der Waals surface area contributed by atoms with Crippen LogP contribution in [0.2, 0.25) is 0 Å². The van der Waals surface area contributed by atoms with E-state index in [0.717, 1.165) is 32.1 Å². The zero-order valence-corrected chi connectivity index (χ0v) is 10.2. The van der Waals surface area contributed by atoms with Crippen LogP contribution in [0.5, 0.6) is 0 Å². The molecule has 2 aliphatic rings. The van der Waals surface area contributed by atoms with Crippen LogP contribution >= 0.6 is 0 Å². The number of carbonyl (C=O) groups is 2. The van der Waals surface area contributed by atoms with Gasteiger partial charge in [-0.3, -0.25) is 0 Å². The van der Waals surface area contributed by atoms with E-state index in [1.54, 1.807) is 0 Å². The molecule has 5 nitrogen and oxygen atoms in total. The lowest BCUT2D eigenvalue weighted by Gasteiger charge is -2.34. The SMILES string of the molecule is CC1(NC(=O)NC2(C(=O)O)CCCCC2)CC1. The van der Waals surface area contributed by atoms with Crippen molar-refractivity contribution in [3.8, 4) is 0 Å². The number of rotatable bonds is 3. The van der Waals surface area contributed by atoms with E-state index in [1.165, 1.54) is 0 Å². The summed E-state index contributed by atoms with van der Waals surface area (Å²) < 4.78 is 0. The Hall–Kier alpha value is -1.26. The number of carboxylic acid groups (broad SMARTS) is 1. The molecular formula is C12H20N2O3. The number of amides is 2. The molecule has 0 aliphatic heterocycles. The molecule has 2 fully saturated rings. The summed E-state index contributed by atoms with van der Waals surface area (Å²) in [6, 6.07) is -0.339. The van der Waals surface area contributed by atoms with Gasteiger partial charge in [-0.2, -0.15) is 0 Å². The van der Waals surface area contributed by atoms with Crippen LogP contribution in [0.4, 0.5) is 4.79 Å². The molecule has 2 saturated carbocycles. The van der Waals surface area contributed by atoms with E-state index < -0.39 is 11.5 Å². The summed E-state index contributed by atoms with van der Waals surface area (Å²) in [4.78, 5) is 23.1. The van der Waals surface area contributed by atoms with Gasteiger partial charge in [0, 0.05) is 5.54 Å². The quantitative estimate of drug-likeness (QED) is 0.701. The number of nitrogens with one attached hydrogen (secondary N) is 2. The molecule has 2 aliphatic carbocycles. The second-order valence-electron chi connectivity index (χ2n) is 5.59. The van der Waals surface area contributed by atoms with Crippen molar-refractivity contribution in [2.24, 2.45) is 0 Å². The predicted molar refractivity (Wildman–Crippen MR) is 62.8 cm³/mol. The Morgan fingerprint density at radius 1 is 1.00 bits per heavy atom. The topological polar surface area (TPSA) is 78.4 Å². The minimum absolute atomic E-state index is 0.113. The first-order chi connectivity index (χ1) is 7.96. The van der Waals surface area contributed by atoms with E-state index in [4.69, 9.17) is 0 Å². The van der Waals surface area contributed by atoms with Gasteiger partial charge < -0.3 is 15.7 Å². The third kappa shape index (κ3) is 2.70. The van der Waals surface area contributed by atoms with Crippen molar-refractivity contribution in [3.05, 3.63) is 0 Å². The van der Waals surface area contributed by atoms with Gasteiger partial charge in [-0.15, -0.1) is 0 Å². The van der Waals surface area contributed by atoms with E-state index in [-0.39, 0.29) is 11.6 Å². The smallest absolute Gasteiger partial charge is 0.329 e. The van der Waals surface area contributed by atoms with E-state index in [0.29, 0.717) is 12.8 Å². The molecule has 0 bridgehead atoms. The Kier molecular flexibility index (Phi) is 3.02. The number of hydrogen-bond donors (Lipinski definition) is 3.